The van der Waals surface area contributed by atoms with Gasteiger partial charge in [0.2, 0.25) is 5.95 Å². The van der Waals surface area contributed by atoms with Crippen molar-refractivity contribution >= 4 is 27.3 Å². The average Bonchev–Trinajstić information content (AvgIpc) is 2.57. The molecule has 0 atom stereocenters. The van der Waals surface area contributed by atoms with Gasteiger partial charge in [-0.25, -0.2) is 18.4 Å². The predicted octanol–water partition coefficient (Wildman–Crippen LogP) is 3.33. The quantitative estimate of drug-likeness (QED) is 0.744. The number of anilines is 3. The number of aromatic nitrogens is 2. The van der Waals surface area contributed by atoms with E-state index in [2.05, 4.69) is 20.0 Å². The second-order valence-corrected chi connectivity index (χ2v) is 6.82. The summed E-state index contributed by atoms with van der Waals surface area (Å²) in [6.07, 6.45) is 1.67. The van der Waals surface area contributed by atoms with Gasteiger partial charge in [0, 0.05) is 23.3 Å². The first-order chi connectivity index (χ1) is 11.5. The fourth-order valence-electron chi connectivity index (χ4n) is 2.07. The number of hydrogen-bond acceptors (Lipinski definition) is 5. The highest BCUT2D eigenvalue weighted by Crippen LogP contribution is 2.19. The summed E-state index contributed by atoms with van der Waals surface area (Å²) in [6, 6.07) is 16.9. The summed E-state index contributed by atoms with van der Waals surface area (Å²) in [4.78, 5) is 8.60. The van der Waals surface area contributed by atoms with Crippen molar-refractivity contribution in [3.8, 4) is 0 Å². The van der Waals surface area contributed by atoms with E-state index in [9.17, 15) is 8.42 Å². The molecule has 0 spiro atoms. The van der Waals surface area contributed by atoms with E-state index in [4.69, 9.17) is 0 Å². The highest BCUT2D eigenvalue weighted by molar-refractivity contribution is 7.92. The first-order valence-electron chi connectivity index (χ1n) is 7.27. The van der Waals surface area contributed by atoms with Crippen LogP contribution in [0.25, 0.3) is 0 Å². The molecule has 3 aromatic rings. The first kappa shape index (κ1) is 15.9. The van der Waals surface area contributed by atoms with Crippen LogP contribution in [0.3, 0.4) is 0 Å². The average molecular weight is 340 g/mol. The molecular weight excluding hydrogens is 324 g/mol. The molecule has 1 heterocycles. The van der Waals surface area contributed by atoms with Crippen molar-refractivity contribution in [2.45, 2.75) is 11.8 Å². The molecule has 24 heavy (non-hydrogen) atoms. The Balaban J connectivity index is 1.73. The van der Waals surface area contributed by atoms with Crippen LogP contribution in [-0.2, 0) is 10.0 Å². The van der Waals surface area contributed by atoms with Crippen LogP contribution in [0.4, 0.5) is 17.3 Å². The van der Waals surface area contributed by atoms with Gasteiger partial charge in [0.15, 0.2) is 0 Å². The standard InChI is InChI=1S/C17H16N4O2S/c1-13-11-12-18-17(19-13)20-14-7-9-15(10-8-14)21-24(22,23)16-5-3-2-4-6-16/h2-12,21H,1H3,(H,18,19,20). The molecule has 6 nitrogen and oxygen atoms in total. The smallest absolute Gasteiger partial charge is 0.261 e. The Bertz CT molecular complexity index is 926. The van der Waals surface area contributed by atoms with Gasteiger partial charge in [-0.1, -0.05) is 18.2 Å². The molecule has 2 N–H and O–H groups in total. The van der Waals surface area contributed by atoms with Crippen molar-refractivity contribution in [3.05, 3.63) is 72.6 Å². The highest BCUT2D eigenvalue weighted by atomic mass is 32.2. The van der Waals surface area contributed by atoms with Crippen LogP contribution in [-0.4, -0.2) is 18.4 Å². The number of hydrogen-bond donors (Lipinski definition) is 2. The van der Waals surface area contributed by atoms with Gasteiger partial charge in [0.25, 0.3) is 10.0 Å². The second kappa shape index (κ2) is 6.67. The summed E-state index contributed by atoms with van der Waals surface area (Å²) in [5.41, 5.74) is 2.11. The molecule has 1 aromatic heterocycles. The molecule has 7 heteroatoms. The molecule has 0 saturated carbocycles. The van der Waals surface area contributed by atoms with E-state index in [0.29, 0.717) is 11.6 Å². The Morgan fingerprint density at radius 1 is 0.875 bits per heavy atom. The molecule has 0 bridgehead atoms. The molecule has 0 unspecified atom stereocenters. The summed E-state index contributed by atoms with van der Waals surface area (Å²) >= 11 is 0. The van der Waals surface area contributed by atoms with Crippen molar-refractivity contribution in [1.82, 2.24) is 9.97 Å². The number of rotatable bonds is 5. The van der Waals surface area contributed by atoms with Crippen LogP contribution in [0.5, 0.6) is 0 Å². The predicted molar refractivity (Wildman–Crippen MR) is 93.7 cm³/mol. The van der Waals surface area contributed by atoms with Gasteiger partial charge in [0.05, 0.1) is 4.90 Å². The molecular formula is C17H16N4O2S. The Morgan fingerprint density at radius 2 is 1.54 bits per heavy atom. The van der Waals surface area contributed by atoms with Crippen LogP contribution in [0.15, 0.2) is 71.8 Å². The fourth-order valence-corrected chi connectivity index (χ4v) is 3.15. The Hall–Kier alpha value is -2.93. The molecule has 0 aliphatic heterocycles. The van der Waals surface area contributed by atoms with E-state index < -0.39 is 10.0 Å². The van der Waals surface area contributed by atoms with Gasteiger partial charge in [-0.3, -0.25) is 4.72 Å². The zero-order valence-corrected chi connectivity index (χ0v) is 13.8. The lowest BCUT2D eigenvalue weighted by Crippen LogP contribution is -2.12. The lowest BCUT2D eigenvalue weighted by molar-refractivity contribution is 0.601. The van der Waals surface area contributed by atoms with Crippen LogP contribution in [0.2, 0.25) is 0 Å². The van der Waals surface area contributed by atoms with Crippen LogP contribution >= 0.6 is 0 Å². The van der Waals surface area contributed by atoms with Gasteiger partial charge in [-0.05, 0) is 49.4 Å². The zero-order chi connectivity index (χ0) is 17.0. The first-order valence-corrected chi connectivity index (χ1v) is 8.76. The van der Waals surface area contributed by atoms with E-state index in [1.165, 1.54) is 0 Å². The summed E-state index contributed by atoms with van der Waals surface area (Å²) in [7, 11) is -3.59. The molecule has 0 saturated heterocycles. The van der Waals surface area contributed by atoms with Gasteiger partial charge in [-0.2, -0.15) is 0 Å². The van der Waals surface area contributed by atoms with Crippen LogP contribution in [0, 0.1) is 6.92 Å². The van der Waals surface area contributed by atoms with Crippen molar-refractivity contribution in [2.24, 2.45) is 0 Å². The summed E-state index contributed by atoms with van der Waals surface area (Å²) in [5, 5.41) is 3.07. The zero-order valence-electron chi connectivity index (χ0n) is 13.0. The minimum absolute atomic E-state index is 0.223. The van der Waals surface area contributed by atoms with Crippen molar-refractivity contribution in [2.75, 3.05) is 10.0 Å². The Labute approximate surface area is 140 Å². The summed E-state index contributed by atoms with van der Waals surface area (Å²) in [6.45, 7) is 1.88. The third kappa shape index (κ3) is 3.88. The highest BCUT2D eigenvalue weighted by Gasteiger charge is 2.13. The van der Waals surface area contributed by atoms with Gasteiger partial charge in [-0.15, -0.1) is 0 Å². The molecule has 0 amide bonds. The minimum atomic E-state index is -3.59. The number of benzene rings is 2. The Kier molecular flexibility index (Phi) is 4.43. The Morgan fingerprint density at radius 3 is 2.21 bits per heavy atom. The number of aryl methyl sites for hydroxylation is 1. The number of sulfonamides is 1. The number of nitrogens with zero attached hydrogens (tertiary/aromatic N) is 2. The summed E-state index contributed by atoms with van der Waals surface area (Å²) in [5.74, 6) is 0.493. The molecule has 2 aromatic carbocycles. The largest absolute Gasteiger partial charge is 0.324 e. The third-order valence-electron chi connectivity index (χ3n) is 3.24. The number of nitrogens with one attached hydrogen (secondary N) is 2. The van der Waals surface area contributed by atoms with E-state index >= 15 is 0 Å². The normalized spacial score (nSPS) is 11.0. The minimum Gasteiger partial charge on any atom is -0.324 e. The molecule has 0 radical (unpaired) electrons. The lowest BCUT2D eigenvalue weighted by Gasteiger charge is -2.09. The van der Waals surface area contributed by atoms with Gasteiger partial charge in [0.1, 0.15) is 0 Å². The van der Waals surface area contributed by atoms with E-state index in [1.807, 2.05) is 13.0 Å². The summed E-state index contributed by atoms with van der Waals surface area (Å²) < 4.78 is 27.1. The van der Waals surface area contributed by atoms with Crippen molar-refractivity contribution in [3.63, 3.8) is 0 Å². The molecule has 0 aliphatic carbocycles. The molecule has 0 fully saturated rings. The van der Waals surface area contributed by atoms with Crippen molar-refractivity contribution in [1.29, 1.82) is 0 Å². The SMILES string of the molecule is Cc1ccnc(Nc2ccc(NS(=O)(=O)c3ccccc3)cc2)n1. The monoisotopic (exact) mass is 340 g/mol. The van der Waals surface area contributed by atoms with Crippen LogP contribution in [0.1, 0.15) is 5.69 Å². The topological polar surface area (TPSA) is 84.0 Å². The maximum absolute atomic E-state index is 12.3. The van der Waals surface area contributed by atoms with Gasteiger partial charge < -0.3 is 5.32 Å². The van der Waals surface area contributed by atoms with E-state index in [0.717, 1.165) is 11.4 Å². The fraction of sp³-hybridized carbons (Fsp3) is 0.0588. The maximum Gasteiger partial charge on any atom is 0.261 e. The van der Waals surface area contributed by atoms with E-state index in [1.54, 1.807) is 60.8 Å². The maximum atomic E-state index is 12.3. The molecule has 3 rings (SSSR count). The van der Waals surface area contributed by atoms with Crippen molar-refractivity contribution < 1.29 is 8.42 Å². The molecule has 0 aliphatic rings. The van der Waals surface area contributed by atoms with Crippen LogP contribution < -0.4 is 10.0 Å². The lowest BCUT2D eigenvalue weighted by atomic mass is 10.3. The van der Waals surface area contributed by atoms with E-state index in [-0.39, 0.29) is 4.90 Å². The third-order valence-corrected chi connectivity index (χ3v) is 4.64. The molecule has 122 valence electrons. The second-order valence-electron chi connectivity index (χ2n) is 5.14. The van der Waals surface area contributed by atoms with Gasteiger partial charge >= 0.3 is 0 Å².